The Morgan fingerprint density at radius 2 is 1.08 bits per heavy atom. The number of benzene rings is 2. The van der Waals surface area contributed by atoms with Gasteiger partial charge in [0.05, 0.1) is 0 Å². The molecule has 0 radical (unpaired) electrons. The van der Waals surface area contributed by atoms with Crippen LogP contribution in [0.5, 0.6) is 0 Å². The molecule has 0 aliphatic carbocycles. The van der Waals surface area contributed by atoms with E-state index in [2.05, 4.69) is 0 Å². The van der Waals surface area contributed by atoms with Crippen molar-refractivity contribution in [1.82, 2.24) is 0 Å². The zero-order chi connectivity index (χ0) is 16.9. The van der Waals surface area contributed by atoms with Crippen LogP contribution in [-0.4, -0.2) is 39.3 Å². The summed E-state index contributed by atoms with van der Waals surface area (Å²) in [6.45, 7) is 0. The fraction of sp³-hybridized carbons (Fsp3) is 0. The first-order valence-corrected chi connectivity index (χ1v) is 12.3. The predicted octanol–water partition coefficient (Wildman–Crippen LogP) is 2.88. The van der Waals surface area contributed by atoms with Gasteiger partial charge in [-0.15, -0.1) is 0 Å². The molecule has 3 aromatic rings. The zero-order valence-electron chi connectivity index (χ0n) is 12.1. The van der Waals surface area contributed by atoms with Crippen molar-refractivity contribution in [1.29, 1.82) is 0 Å². The van der Waals surface area contributed by atoms with Gasteiger partial charge in [0.25, 0.3) is 0 Å². The third kappa shape index (κ3) is 4.58. The van der Waals surface area contributed by atoms with Crippen molar-refractivity contribution in [2.75, 3.05) is 0 Å². The summed E-state index contributed by atoms with van der Waals surface area (Å²) in [5.74, 6) is 0. The summed E-state index contributed by atoms with van der Waals surface area (Å²) >= 11 is 7.57. The minimum absolute atomic E-state index is 0.122. The Bertz CT molecular complexity index is 844. The molecule has 2 aromatic carbocycles. The third-order valence-corrected chi connectivity index (χ3v) is 11.7. The third-order valence-electron chi connectivity index (χ3n) is 2.91. The van der Waals surface area contributed by atoms with Gasteiger partial charge in [0, 0.05) is 0 Å². The number of carbonyl (C=O) groups is 2. The predicted molar refractivity (Wildman–Crippen MR) is 105 cm³/mol. The summed E-state index contributed by atoms with van der Waals surface area (Å²) in [5.41, 5.74) is 1.43. The van der Waals surface area contributed by atoms with Crippen LogP contribution in [0.15, 0.2) is 60.7 Å². The minimum atomic E-state index is -0.340. The van der Waals surface area contributed by atoms with Gasteiger partial charge in [-0.25, -0.2) is 0 Å². The van der Waals surface area contributed by atoms with E-state index in [1.54, 1.807) is 0 Å². The van der Waals surface area contributed by atoms with E-state index in [1.165, 1.54) is 22.7 Å². The van der Waals surface area contributed by atoms with E-state index < -0.39 is 0 Å². The Hall–Kier alpha value is -0.911. The molecule has 0 saturated carbocycles. The Kier molecular flexibility index (Phi) is 6.30. The van der Waals surface area contributed by atoms with Gasteiger partial charge in [-0.05, 0) is 0 Å². The molecule has 1 aromatic heterocycles. The molecular weight excluding hydrogens is 490 g/mol. The van der Waals surface area contributed by atoms with Gasteiger partial charge in [-0.2, -0.15) is 0 Å². The molecule has 0 N–H and O–H groups in total. The van der Waals surface area contributed by atoms with Gasteiger partial charge in [0.15, 0.2) is 0 Å². The molecule has 2 nitrogen and oxygen atoms in total. The molecule has 0 aliphatic heterocycles. The number of hydrogen-bond donors (Lipinski definition) is 0. The maximum absolute atomic E-state index is 12.5. The van der Waals surface area contributed by atoms with Crippen molar-refractivity contribution < 1.29 is 9.59 Å². The van der Waals surface area contributed by atoms with Gasteiger partial charge in [0.2, 0.25) is 0 Å². The average molecular weight is 500 g/mol. The summed E-state index contributed by atoms with van der Waals surface area (Å²) in [6.07, 6.45) is 0. The van der Waals surface area contributed by atoms with Crippen LogP contribution in [0.1, 0.15) is 20.7 Å². The van der Waals surface area contributed by atoms with Crippen LogP contribution in [0.25, 0.3) is 0 Å². The normalized spacial score (nSPS) is 10.5. The van der Waals surface area contributed by atoms with Crippen molar-refractivity contribution in [3.8, 4) is 0 Å². The maximum atomic E-state index is 12.5. The van der Waals surface area contributed by atoms with Crippen LogP contribution in [-0.2, 0) is 0 Å². The van der Waals surface area contributed by atoms with Crippen molar-refractivity contribution in [3.05, 3.63) is 74.9 Å². The average Bonchev–Trinajstić information content (AvgIpc) is 2.95. The van der Waals surface area contributed by atoms with Crippen LogP contribution >= 0.6 is 34.9 Å². The van der Waals surface area contributed by atoms with Crippen molar-refractivity contribution in [2.24, 2.45) is 0 Å². The first-order chi connectivity index (χ1) is 11.6. The molecule has 120 valence electrons. The van der Waals surface area contributed by atoms with E-state index in [9.17, 15) is 9.59 Å². The van der Waals surface area contributed by atoms with Gasteiger partial charge in [-0.3, -0.25) is 0 Å². The molecule has 1 heterocycles. The van der Waals surface area contributed by atoms with Crippen LogP contribution in [0.2, 0.25) is 0 Å². The summed E-state index contributed by atoms with van der Waals surface area (Å²) in [5, 5.41) is 0. The molecule has 24 heavy (non-hydrogen) atoms. The summed E-state index contributed by atoms with van der Waals surface area (Å²) in [6, 6.07) is 18.6. The van der Waals surface area contributed by atoms with Gasteiger partial charge < -0.3 is 0 Å². The van der Waals surface area contributed by atoms with Gasteiger partial charge in [-0.1, -0.05) is 0 Å². The Balaban J connectivity index is 1.80. The SMILES string of the molecule is O=C([Se]c1sc(=S)sc1[Se]C(=O)c1ccccc1)c1ccccc1. The van der Waals surface area contributed by atoms with Crippen molar-refractivity contribution >= 4 is 81.7 Å². The fourth-order valence-electron chi connectivity index (χ4n) is 1.82. The van der Waals surface area contributed by atoms with Crippen LogP contribution in [0.4, 0.5) is 0 Å². The number of rotatable bonds is 6. The molecule has 3 rings (SSSR count). The molecule has 0 fully saturated rings. The first kappa shape index (κ1) is 17.9. The number of carbonyl (C=O) groups excluding carboxylic acids is 2. The monoisotopic (exact) mass is 502 g/mol. The second-order valence-electron chi connectivity index (χ2n) is 4.54. The number of hydrogen-bond acceptors (Lipinski definition) is 5. The van der Waals surface area contributed by atoms with Crippen LogP contribution in [0, 0.1) is 3.14 Å². The fourth-order valence-corrected chi connectivity index (χ4v) is 11.6. The first-order valence-electron chi connectivity index (χ1n) is 6.82. The zero-order valence-corrected chi connectivity index (χ0v) is 18.0. The standard InChI is InChI=1S/C17H10O2S3Se2/c18-13(11-7-3-1-4-8-11)23-15-16(22-17(20)21-15)24-14(19)12-9-5-2-6-10-12/h1-10H. The van der Waals surface area contributed by atoms with Crippen molar-refractivity contribution in [3.63, 3.8) is 0 Å². The molecule has 0 spiro atoms. The second kappa shape index (κ2) is 8.45. The quantitative estimate of drug-likeness (QED) is 0.386. The van der Waals surface area contributed by atoms with E-state index in [4.69, 9.17) is 12.2 Å². The van der Waals surface area contributed by atoms with Crippen LogP contribution < -0.4 is 7.55 Å². The van der Waals surface area contributed by atoms with E-state index >= 15 is 0 Å². The van der Waals surface area contributed by atoms with E-state index in [1.807, 2.05) is 60.7 Å². The molecule has 0 saturated heterocycles. The van der Waals surface area contributed by atoms with E-state index in [0.29, 0.717) is 0 Å². The van der Waals surface area contributed by atoms with Crippen molar-refractivity contribution in [2.45, 2.75) is 0 Å². The molecule has 7 heteroatoms. The Labute approximate surface area is 165 Å². The molecule has 0 amide bonds. The molecule has 0 aliphatic rings. The Morgan fingerprint density at radius 3 is 1.46 bits per heavy atom. The summed E-state index contributed by atoms with van der Waals surface area (Å²) < 4.78 is 3.02. The van der Waals surface area contributed by atoms with E-state index in [-0.39, 0.29) is 39.3 Å². The van der Waals surface area contributed by atoms with Crippen LogP contribution in [0.3, 0.4) is 0 Å². The second-order valence-corrected chi connectivity index (χ2v) is 13.1. The topological polar surface area (TPSA) is 34.1 Å². The summed E-state index contributed by atoms with van der Waals surface area (Å²) in [4.78, 5) is 24.9. The van der Waals surface area contributed by atoms with Gasteiger partial charge in [0.1, 0.15) is 0 Å². The Morgan fingerprint density at radius 1 is 0.708 bits per heavy atom. The van der Waals surface area contributed by atoms with E-state index in [0.717, 1.165) is 21.8 Å². The molecule has 0 bridgehead atoms. The molecule has 0 atom stereocenters. The summed E-state index contributed by atoms with van der Waals surface area (Å²) in [7, 11) is 0. The molecule has 0 unspecified atom stereocenters. The van der Waals surface area contributed by atoms with Gasteiger partial charge >= 0.3 is 166 Å². The molecular formula is C17H10O2S3Se2.